The van der Waals surface area contributed by atoms with Gasteiger partial charge in [0.05, 0.1) is 5.69 Å². The third-order valence-corrected chi connectivity index (χ3v) is 3.05. The molecule has 6 heteroatoms. The smallest absolute Gasteiger partial charge is 0.301 e. The highest BCUT2D eigenvalue weighted by Crippen LogP contribution is 2.22. The number of carbonyl (C=O) groups excluding carboxylic acids is 1. The second kappa shape index (κ2) is 4.94. The van der Waals surface area contributed by atoms with E-state index in [0.29, 0.717) is 5.69 Å². The van der Waals surface area contributed by atoms with Crippen LogP contribution in [0.15, 0.2) is 41.0 Å². The molecule has 1 aromatic carbocycles. The number of fused-ring (bicyclic) bond motifs is 1. The molecule has 100 valence electrons. The van der Waals surface area contributed by atoms with Crippen LogP contribution >= 0.6 is 11.6 Å². The predicted octanol–water partition coefficient (Wildman–Crippen LogP) is 3.44. The number of aryl methyl sites for hydroxylation is 1. The Morgan fingerprint density at radius 3 is 2.85 bits per heavy atom. The van der Waals surface area contributed by atoms with E-state index < -0.39 is 5.91 Å². The Morgan fingerprint density at radius 2 is 2.10 bits per heavy atom. The van der Waals surface area contributed by atoms with Crippen molar-refractivity contribution in [1.29, 1.82) is 0 Å². The summed E-state index contributed by atoms with van der Waals surface area (Å²) in [6.07, 6.45) is 1.45. The van der Waals surface area contributed by atoms with Gasteiger partial charge in [0, 0.05) is 5.39 Å². The van der Waals surface area contributed by atoms with Gasteiger partial charge in [0.1, 0.15) is 17.1 Å². The van der Waals surface area contributed by atoms with Crippen LogP contribution in [0.4, 0.5) is 6.01 Å². The third-order valence-electron chi connectivity index (χ3n) is 2.77. The average Bonchev–Trinajstić information content (AvgIpc) is 2.84. The van der Waals surface area contributed by atoms with Gasteiger partial charge in [-0.2, -0.15) is 4.98 Å². The first-order valence-corrected chi connectivity index (χ1v) is 6.30. The molecule has 0 aliphatic heterocycles. The Bertz CT molecular complexity index is 798. The van der Waals surface area contributed by atoms with E-state index >= 15 is 0 Å². The zero-order valence-corrected chi connectivity index (χ0v) is 11.3. The minimum atomic E-state index is -0.417. The number of benzene rings is 1. The Labute approximate surface area is 119 Å². The van der Waals surface area contributed by atoms with Crippen LogP contribution in [0.5, 0.6) is 0 Å². The molecule has 5 nitrogen and oxygen atoms in total. The zero-order chi connectivity index (χ0) is 14.1. The van der Waals surface area contributed by atoms with Crippen molar-refractivity contribution in [3.63, 3.8) is 0 Å². The highest BCUT2D eigenvalue weighted by atomic mass is 35.5. The standard InChI is InChI=1S/C14H10ClN3O2/c1-8-7-20-14(16-8)18-13(19)11-6-9-4-2-3-5-10(9)12(15)17-11/h2-7H,1H3,(H,16,18,19). The summed E-state index contributed by atoms with van der Waals surface area (Å²) in [5.74, 6) is -0.417. The van der Waals surface area contributed by atoms with Crippen molar-refractivity contribution in [2.75, 3.05) is 5.32 Å². The molecule has 0 saturated carbocycles. The molecular weight excluding hydrogens is 278 g/mol. The number of hydrogen-bond donors (Lipinski definition) is 1. The van der Waals surface area contributed by atoms with Gasteiger partial charge in [-0.3, -0.25) is 10.1 Å². The van der Waals surface area contributed by atoms with E-state index in [4.69, 9.17) is 16.0 Å². The van der Waals surface area contributed by atoms with Gasteiger partial charge in [0.15, 0.2) is 0 Å². The molecule has 3 rings (SSSR count). The van der Waals surface area contributed by atoms with Gasteiger partial charge in [0.2, 0.25) is 0 Å². The molecule has 0 saturated heterocycles. The van der Waals surface area contributed by atoms with Gasteiger partial charge in [-0.05, 0) is 18.4 Å². The minimum Gasteiger partial charge on any atom is -0.432 e. The molecule has 0 unspecified atom stereocenters. The summed E-state index contributed by atoms with van der Waals surface area (Å²) < 4.78 is 5.07. The molecule has 0 atom stereocenters. The minimum absolute atomic E-state index is 0.138. The number of rotatable bonds is 2. The van der Waals surface area contributed by atoms with Crippen molar-refractivity contribution in [2.24, 2.45) is 0 Å². The van der Waals surface area contributed by atoms with Crippen LogP contribution < -0.4 is 5.32 Å². The largest absolute Gasteiger partial charge is 0.432 e. The first kappa shape index (κ1) is 12.6. The summed E-state index contributed by atoms with van der Waals surface area (Å²) in [6, 6.07) is 9.27. The summed E-state index contributed by atoms with van der Waals surface area (Å²) >= 11 is 6.08. The van der Waals surface area contributed by atoms with Crippen LogP contribution in [0.1, 0.15) is 16.2 Å². The van der Waals surface area contributed by atoms with Gasteiger partial charge in [-0.25, -0.2) is 4.98 Å². The molecule has 1 amide bonds. The van der Waals surface area contributed by atoms with Crippen LogP contribution in [0.25, 0.3) is 10.8 Å². The fourth-order valence-electron chi connectivity index (χ4n) is 1.85. The number of halogens is 1. The lowest BCUT2D eigenvalue weighted by Crippen LogP contribution is -2.14. The van der Waals surface area contributed by atoms with Gasteiger partial charge in [-0.1, -0.05) is 35.9 Å². The molecule has 0 aliphatic rings. The molecule has 20 heavy (non-hydrogen) atoms. The maximum atomic E-state index is 12.1. The maximum Gasteiger partial charge on any atom is 0.301 e. The first-order valence-electron chi connectivity index (χ1n) is 5.92. The fraction of sp³-hybridized carbons (Fsp3) is 0.0714. The van der Waals surface area contributed by atoms with E-state index in [-0.39, 0.29) is 16.9 Å². The normalized spacial score (nSPS) is 10.7. The van der Waals surface area contributed by atoms with Crippen molar-refractivity contribution in [1.82, 2.24) is 9.97 Å². The van der Waals surface area contributed by atoms with Crippen molar-refractivity contribution < 1.29 is 9.21 Å². The number of oxazole rings is 1. The Balaban J connectivity index is 1.95. The number of nitrogens with one attached hydrogen (secondary N) is 1. The van der Waals surface area contributed by atoms with E-state index in [1.54, 1.807) is 13.0 Å². The maximum absolute atomic E-state index is 12.1. The number of pyridine rings is 1. The van der Waals surface area contributed by atoms with Crippen LogP contribution in [-0.4, -0.2) is 15.9 Å². The second-order valence-corrected chi connectivity index (χ2v) is 4.63. The summed E-state index contributed by atoms with van der Waals surface area (Å²) in [4.78, 5) is 20.2. The lowest BCUT2D eigenvalue weighted by atomic mass is 10.1. The number of hydrogen-bond acceptors (Lipinski definition) is 4. The van der Waals surface area contributed by atoms with E-state index in [1.807, 2.05) is 24.3 Å². The fourth-order valence-corrected chi connectivity index (χ4v) is 2.11. The van der Waals surface area contributed by atoms with Crippen molar-refractivity contribution in [3.8, 4) is 0 Å². The topological polar surface area (TPSA) is 68.0 Å². The Morgan fingerprint density at radius 1 is 1.30 bits per heavy atom. The monoisotopic (exact) mass is 287 g/mol. The number of amides is 1. The average molecular weight is 288 g/mol. The summed E-state index contributed by atoms with van der Waals surface area (Å²) in [5, 5.41) is 4.47. The quantitative estimate of drug-likeness (QED) is 0.733. The molecule has 0 bridgehead atoms. The highest BCUT2D eigenvalue weighted by molar-refractivity contribution is 6.34. The van der Waals surface area contributed by atoms with Crippen LogP contribution in [0.3, 0.4) is 0 Å². The van der Waals surface area contributed by atoms with Crippen molar-refractivity contribution in [2.45, 2.75) is 6.92 Å². The lowest BCUT2D eigenvalue weighted by molar-refractivity contribution is 0.101. The SMILES string of the molecule is Cc1coc(NC(=O)c2cc3ccccc3c(Cl)n2)n1. The molecule has 2 heterocycles. The van der Waals surface area contributed by atoms with Gasteiger partial charge in [0.25, 0.3) is 5.91 Å². The van der Waals surface area contributed by atoms with Crippen LogP contribution in [0, 0.1) is 6.92 Å². The van der Waals surface area contributed by atoms with Crippen LogP contribution in [0.2, 0.25) is 5.15 Å². The molecule has 1 N–H and O–H groups in total. The first-order chi connectivity index (χ1) is 9.63. The summed E-state index contributed by atoms with van der Waals surface area (Å²) in [5.41, 5.74) is 0.898. The Kier molecular flexibility index (Phi) is 3.12. The highest BCUT2D eigenvalue weighted by Gasteiger charge is 2.13. The van der Waals surface area contributed by atoms with Gasteiger partial charge >= 0.3 is 6.01 Å². The van der Waals surface area contributed by atoms with Gasteiger partial charge < -0.3 is 4.42 Å². The lowest BCUT2D eigenvalue weighted by Gasteiger charge is -2.04. The van der Waals surface area contributed by atoms with Crippen molar-refractivity contribution in [3.05, 3.63) is 53.1 Å². The third kappa shape index (κ3) is 2.35. The molecular formula is C14H10ClN3O2. The second-order valence-electron chi connectivity index (χ2n) is 4.27. The summed E-state index contributed by atoms with van der Waals surface area (Å²) in [6.45, 7) is 1.77. The number of anilines is 1. The van der Waals surface area contributed by atoms with E-state index in [2.05, 4.69) is 15.3 Å². The molecule has 0 fully saturated rings. The zero-order valence-electron chi connectivity index (χ0n) is 10.6. The number of aromatic nitrogens is 2. The Hall–Kier alpha value is -2.40. The predicted molar refractivity (Wildman–Crippen MR) is 75.9 cm³/mol. The van der Waals surface area contributed by atoms with Crippen LogP contribution in [-0.2, 0) is 0 Å². The van der Waals surface area contributed by atoms with E-state index in [9.17, 15) is 4.79 Å². The summed E-state index contributed by atoms with van der Waals surface area (Å²) in [7, 11) is 0. The molecule has 0 radical (unpaired) electrons. The molecule has 0 spiro atoms. The molecule has 0 aliphatic carbocycles. The molecule has 3 aromatic rings. The van der Waals surface area contributed by atoms with E-state index in [0.717, 1.165) is 10.8 Å². The van der Waals surface area contributed by atoms with Crippen molar-refractivity contribution >= 4 is 34.3 Å². The van der Waals surface area contributed by atoms with E-state index in [1.165, 1.54) is 6.26 Å². The molecule has 2 aromatic heterocycles. The number of nitrogens with zero attached hydrogens (tertiary/aromatic N) is 2. The number of carbonyl (C=O) groups is 1. The van der Waals surface area contributed by atoms with Gasteiger partial charge in [-0.15, -0.1) is 0 Å².